The van der Waals surface area contributed by atoms with E-state index in [1.807, 2.05) is 0 Å². The van der Waals surface area contributed by atoms with E-state index in [1.165, 1.54) is 12.1 Å². The van der Waals surface area contributed by atoms with E-state index < -0.39 is 0 Å². The molecule has 3 atom stereocenters. The van der Waals surface area contributed by atoms with Gasteiger partial charge in [-0.3, -0.25) is 4.79 Å². The van der Waals surface area contributed by atoms with Gasteiger partial charge in [-0.1, -0.05) is 12.1 Å². The van der Waals surface area contributed by atoms with E-state index in [0.29, 0.717) is 0 Å². The molecule has 1 aromatic carbocycles. The topological polar surface area (TPSA) is 41.1 Å². The molecule has 2 unspecified atom stereocenters. The number of piperidine rings is 1. The van der Waals surface area contributed by atoms with E-state index in [4.69, 9.17) is 0 Å². The number of carbonyl (C=O) groups is 1. The Balaban J connectivity index is 1.54. The zero-order valence-corrected chi connectivity index (χ0v) is 10.9. The quantitative estimate of drug-likeness (QED) is 0.872. The van der Waals surface area contributed by atoms with Crippen molar-refractivity contribution in [1.82, 2.24) is 10.6 Å². The van der Waals surface area contributed by atoms with Crippen molar-refractivity contribution in [2.45, 2.75) is 31.2 Å². The van der Waals surface area contributed by atoms with Crippen LogP contribution < -0.4 is 10.6 Å². The Morgan fingerprint density at radius 3 is 2.79 bits per heavy atom. The fourth-order valence-corrected chi connectivity index (χ4v) is 2.85. The molecule has 1 aliphatic heterocycles. The first-order valence-corrected chi connectivity index (χ1v) is 7.00. The Kier molecular flexibility index (Phi) is 3.51. The summed E-state index contributed by atoms with van der Waals surface area (Å²) in [5, 5.41) is 6.41. The number of amides is 1. The van der Waals surface area contributed by atoms with Crippen molar-refractivity contribution >= 4 is 5.91 Å². The summed E-state index contributed by atoms with van der Waals surface area (Å²) in [4.78, 5) is 12.1. The molecule has 0 aromatic heterocycles. The van der Waals surface area contributed by atoms with Crippen LogP contribution in [0.15, 0.2) is 24.3 Å². The van der Waals surface area contributed by atoms with Crippen molar-refractivity contribution in [3.8, 4) is 0 Å². The van der Waals surface area contributed by atoms with Crippen molar-refractivity contribution in [2.75, 3.05) is 13.1 Å². The summed E-state index contributed by atoms with van der Waals surface area (Å²) < 4.78 is 12.8. The van der Waals surface area contributed by atoms with Crippen LogP contribution in [0, 0.1) is 11.7 Å². The van der Waals surface area contributed by atoms with Crippen LogP contribution in [0.25, 0.3) is 0 Å². The van der Waals surface area contributed by atoms with Crippen LogP contribution in [0.1, 0.15) is 30.7 Å². The maximum atomic E-state index is 12.8. The highest BCUT2D eigenvalue weighted by Crippen LogP contribution is 2.47. The van der Waals surface area contributed by atoms with Gasteiger partial charge < -0.3 is 10.6 Å². The molecule has 102 valence electrons. The van der Waals surface area contributed by atoms with Crippen molar-refractivity contribution in [2.24, 2.45) is 5.92 Å². The van der Waals surface area contributed by atoms with Gasteiger partial charge in [-0.15, -0.1) is 0 Å². The van der Waals surface area contributed by atoms with Gasteiger partial charge in [-0.2, -0.15) is 0 Å². The first-order chi connectivity index (χ1) is 9.24. The van der Waals surface area contributed by atoms with E-state index in [9.17, 15) is 9.18 Å². The third kappa shape index (κ3) is 2.95. The summed E-state index contributed by atoms with van der Waals surface area (Å²) in [6.07, 6.45) is 3.07. The van der Waals surface area contributed by atoms with Gasteiger partial charge in [0.05, 0.1) is 0 Å². The number of hydrogen-bond donors (Lipinski definition) is 2. The molecule has 1 heterocycles. The second-order valence-electron chi connectivity index (χ2n) is 5.55. The lowest BCUT2D eigenvalue weighted by molar-refractivity contribution is -0.123. The Hall–Kier alpha value is -1.42. The number of carbonyl (C=O) groups excluding carboxylic acids is 1. The first kappa shape index (κ1) is 12.6. The Morgan fingerprint density at radius 1 is 1.32 bits per heavy atom. The van der Waals surface area contributed by atoms with Crippen LogP contribution >= 0.6 is 0 Å². The summed E-state index contributed by atoms with van der Waals surface area (Å²) >= 11 is 0. The standard InChI is InChI=1S/C15H19FN2O/c16-11-5-3-10(4-6-11)13-8-14(13)15(19)18-12-2-1-7-17-9-12/h3-6,12-14,17H,1-2,7-9H2,(H,18,19)/t12-,13?,14?/m0/s1. The predicted octanol–water partition coefficient (Wildman–Crippen LogP) is 1.80. The van der Waals surface area contributed by atoms with Crippen LogP contribution in [0.4, 0.5) is 4.39 Å². The predicted molar refractivity (Wildman–Crippen MR) is 71.3 cm³/mol. The smallest absolute Gasteiger partial charge is 0.224 e. The molecular formula is C15H19FN2O. The molecule has 2 fully saturated rings. The fourth-order valence-electron chi connectivity index (χ4n) is 2.85. The van der Waals surface area contributed by atoms with E-state index >= 15 is 0 Å². The highest BCUT2D eigenvalue weighted by Gasteiger charge is 2.44. The van der Waals surface area contributed by atoms with Crippen molar-refractivity contribution in [3.05, 3.63) is 35.6 Å². The number of hydrogen-bond acceptors (Lipinski definition) is 2. The number of rotatable bonds is 3. The molecule has 0 bridgehead atoms. The van der Waals surface area contributed by atoms with E-state index in [1.54, 1.807) is 12.1 Å². The Bertz CT molecular complexity index is 454. The van der Waals surface area contributed by atoms with Gasteiger partial charge in [0.15, 0.2) is 0 Å². The van der Waals surface area contributed by atoms with Crippen molar-refractivity contribution in [1.29, 1.82) is 0 Å². The molecule has 0 radical (unpaired) electrons. The normalized spacial score (nSPS) is 29.8. The molecule has 1 aliphatic carbocycles. The average Bonchev–Trinajstić information content (AvgIpc) is 3.21. The van der Waals surface area contributed by atoms with E-state index in [2.05, 4.69) is 10.6 Å². The SMILES string of the molecule is O=C(N[C@H]1CCCNC1)C1CC1c1ccc(F)cc1. The van der Waals surface area contributed by atoms with Crippen LogP contribution in [-0.4, -0.2) is 25.0 Å². The molecule has 19 heavy (non-hydrogen) atoms. The van der Waals surface area contributed by atoms with Crippen molar-refractivity contribution in [3.63, 3.8) is 0 Å². The number of nitrogens with one attached hydrogen (secondary N) is 2. The van der Waals surface area contributed by atoms with Gasteiger partial charge in [0.25, 0.3) is 0 Å². The second-order valence-corrected chi connectivity index (χ2v) is 5.55. The molecule has 4 heteroatoms. The van der Waals surface area contributed by atoms with Crippen molar-refractivity contribution < 1.29 is 9.18 Å². The van der Waals surface area contributed by atoms with E-state index in [-0.39, 0.29) is 29.6 Å². The lowest BCUT2D eigenvalue weighted by Gasteiger charge is -2.23. The van der Waals surface area contributed by atoms with Crippen LogP contribution in [0.2, 0.25) is 0 Å². The summed E-state index contributed by atoms with van der Waals surface area (Å²) in [5.41, 5.74) is 1.07. The molecule has 1 saturated carbocycles. The third-order valence-corrected chi connectivity index (χ3v) is 4.07. The second kappa shape index (κ2) is 5.29. The van der Waals surface area contributed by atoms with Crippen LogP contribution in [0.5, 0.6) is 0 Å². The molecule has 3 nitrogen and oxygen atoms in total. The minimum Gasteiger partial charge on any atom is -0.352 e. The molecular weight excluding hydrogens is 243 g/mol. The minimum atomic E-state index is -0.223. The van der Waals surface area contributed by atoms with Gasteiger partial charge in [0, 0.05) is 18.5 Å². The fraction of sp³-hybridized carbons (Fsp3) is 0.533. The largest absolute Gasteiger partial charge is 0.352 e. The van der Waals surface area contributed by atoms with Gasteiger partial charge in [0.1, 0.15) is 5.82 Å². The lowest BCUT2D eigenvalue weighted by Crippen LogP contribution is -2.46. The summed E-state index contributed by atoms with van der Waals surface area (Å²) in [6.45, 7) is 1.92. The number of halogens is 1. The highest BCUT2D eigenvalue weighted by molar-refractivity contribution is 5.83. The number of benzene rings is 1. The average molecular weight is 262 g/mol. The monoisotopic (exact) mass is 262 g/mol. The van der Waals surface area contributed by atoms with Gasteiger partial charge in [0.2, 0.25) is 5.91 Å². The summed E-state index contributed by atoms with van der Waals surface area (Å²) in [6, 6.07) is 6.78. The summed E-state index contributed by atoms with van der Waals surface area (Å²) in [5.74, 6) is 0.284. The molecule has 1 aromatic rings. The Morgan fingerprint density at radius 2 is 2.11 bits per heavy atom. The lowest BCUT2D eigenvalue weighted by atomic mass is 10.1. The van der Waals surface area contributed by atoms with Gasteiger partial charge in [-0.25, -0.2) is 4.39 Å². The highest BCUT2D eigenvalue weighted by atomic mass is 19.1. The van der Waals surface area contributed by atoms with E-state index in [0.717, 1.165) is 37.9 Å². The minimum absolute atomic E-state index is 0.0763. The zero-order valence-electron chi connectivity index (χ0n) is 10.9. The van der Waals surface area contributed by atoms with Gasteiger partial charge >= 0.3 is 0 Å². The molecule has 1 saturated heterocycles. The summed E-state index contributed by atoms with van der Waals surface area (Å²) in [7, 11) is 0. The molecule has 2 aliphatic rings. The molecule has 2 N–H and O–H groups in total. The molecule has 0 spiro atoms. The first-order valence-electron chi connectivity index (χ1n) is 7.00. The van der Waals surface area contributed by atoms with Crippen LogP contribution in [-0.2, 0) is 4.79 Å². The Labute approximate surface area is 112 Å². The third-order valence-electron chi connectivity index (χ3n) is 4.07. The molecule has 1 amide bonds. The maximum Gasteiger partial charge on any atom is 0.224 e. The molecule has 3 rings (SSSR count). The maximum absolute atomic E-state index is 12.8. The van der Waals surface area contributed by atoms with Gasteiger partial charge in [-0.05, 0) is 49.4 Å². The van der Waals surface area contributed by atoms with Crippen LogP contribution in [0.3, 0.4) is 0 Å². The zero-order chi connectivity index (χ0) is 13.2.